The third-order valence-corrected chi connectivity index (χ3v) is 3.17. The number of non-ortho nitro benzene ring substituents is 1. The Morgan fingerprint density at radius 2 is 2.00 bits per heavy atom. The summed E-state index contributed by atoms with van der Waals surface area (Å²) in [5.74, 6) is -0.0220. The molecule has 1 fully saturated rings. The van der Waals surface area contributed by atoms with Crippen molar-refractivity contribution in [2.75, 3.05) is 13.1 Å². The molecular weight excluding hydrogens is 244 g/mol. The Kier molecular flexibility index (Phi) is 4.28. The van der Waals surface area contributed by atoms with Crippen LogP contribution in [-0.2, 0) is 4.79 Å². The third-order valence-electron chi connectivity index (χ3n) is 3.17. The van der Waals surface area contributed by atoms with Gasteiger partial charge in [-0.3, -0.25) is 14.9 Å². The van der Waals surface area contributed by atoms with Crippen molar-refractivity contribution in [2.45, 2.75) is 19.3 Å². The Labute approximate surface area is 111 Å². The highest BCUT2D eigenvalue weighted by atomic mass is 16.6. The molecule has 0 aromatic heterocycles. The van der Waals surface area contributed by atoms with Crippen LogP contribution >= 0.6 is 0 Å². The van der Waals surface area contributed by atoms with Crippen molar-refractivity contribution < 1.29 is 9.72 Å². The number of nitrogens with zero attached hydrogens (tertiary/aromatic N) is 2. The molecule has 100 valence electrons. The number of nitro benzene ring substituents is 1. The topological polar surface area (TPSA) is 63.4 Å². The van der Waals surface area contributed by atoms with E-state index in [0.29, 0.717) is 5.56 Å². The molecule has 1 aliphatic rings. The molecule has 0 saturated carbocycles. The lowest BCUT2D eigenvalue weighted by atomic mass is 10.1. The van der Waals surface area contributed by atoms with Gasteiger partial charge in [0, 0.05) is 31.3 Å². The Morgan fingerprint density at radius 1 is 1.26 bits per heavy atom. The normalized spacial score (nSPS) is 15.7. The molecule has 2 rings (SSSR count). The molecule has 0 unspecified atom stereocenters. The van der Waals surface area contributed by atoms with Crippen LogP contribution in [0.1, 0.15) is 24.8 Å². The summed E-state index contributed by atoms with van der Waals surface area (Å²) in [5.41, 5.74) is 0.701. The van der Waals surface area contributed by atoms with Gasteiger partial charge in [-0.2, -0.15) is 0 Å². The van der Waals surface area contributed by atoms with E-state index in [1.165, 1.54) is 24.6 Å². The Balaban J connectivity index is 2.03. The number of benzene rings is 1. The molecule has 5 heteroatoms. The van der Waals surface area contributed by atoms with Gasteiger partial charge in [-0.25, -0.2) is 0 Å². The van der Waals surface area contributed by atoms with Crippen LogP contribution in [0, 0.1) is 10.1 Å². The number of carbonyl (C=O) groups is 1. The van der Waals surface area contributed by atoms with Crippen LogP contribution in [0.4, 0.5) is 5.69 Å². The fourth-order valence-corrected chi connectivity index (χ4v) is 2.13. The Hall–Kier alpha value is -2.17. The van der Waals surface area contributed by atoms with E-state index in [4.69, 9.17) is 0 Å². The second-order valence-corrected chi connectivity index (χ2v) is 4.57. The van der Waals surface area contributed by atoms with E-state index < -0.39 is 4.92 Å². The molecule has 0 radical (unpaired) electrons. The van der Waals surface area contributed by atoms with Crippen molar-refractivity contribution in [2.24, 2.45) is 0 Å². The number of hydrogen-bond donors (Lipinski definition) is 0. The van der Waals surface area contributed by atoms with Crippen molar-refractivity contribution in [3.8, 4) is 0 Å². The van der Waals surface area contributed by atoms with Crippen LogP contribution in [0.3, 0.4) is 0 Å². The Bertz CT molecular complexity index is 505. The van der Waals surface area contributed by atoms with Crippen molar-refractivity contribution in [3.63, 3.8) is 0 Å². The van der Waals surface area contributed by atoms with Crippen molar-refractivity contribution in [1.82, 2.24) is 4.90 Å². The third kappa shape index (κ3) is 3.64. The molecule has 0 atom stereocenters. The van der Waals surface area contributed by atoms with E-state index in [-0.39, 0.29) is 11.6 Å². The van der Waals surface area contributed by atoms with Crippen LogP contribution < -0.4 is 0 Å². The summed E-state index contributed by atoms with van der Waals surface area (Å²) in [6, 6.07) is 6.25. The number of nitro groups is 1. The first-order valence-corrected chi connectivity index (χ1v) is 6.38. The molecule has 1 heterocycles. The van der Waals surface area contributed by atoms with Gasteiger partial charge < -0.3 is 4.90 Å². The highest BCUT2D eigenvalue weighted by Gasteiger charge is 2.13. The predicted octanol–water partition coefficient (Wildman–Crippen LogP) is 2.62. The van der Waals surface area contributed by atoms with Gasteiger partial charge in [0.15, 0.2) is 0 Å². The van der Waals surface area contributed by atoms with Gasteiger partial charge in [0.25, 0.3) is 5.69 Å². The second kappa shape index (κ2) is 6.13. The first-order chi connectivity index (χ1) is 9.16. The Morgan fingerprint density at radius 3 is 2.68 bits per heavy atom. The summed E-state index contributed by atoms with van der Waals surface area (Å²) in [5, 5.41) is 10.6. The van der Waals surface area contributed by atoms with Crippen LogP contribution in [0.15, 0.2) is 30.3 Å². The van der Waals surface area contributed by atoms with E-state index in [9.17, 15) is 14.9 Å². The summed E-state index contributed by atoms with van der Waals surface area (Å²) in [7, 11) is 0. The summed E-state index contributed by atoms with van der Waals surface area (Å²) in [4.78, 5) is 23.9. The maximum absolute atomic E-state index is 11.9. The van der Waals surface area contributed by atoms with Crippen molar-refractivity contribution >= 4 is 17.7 Å². The fraction of sp³-hybridized carbons (Fsp3) is 0.357. The predicted molar refractivity (Wildman–Crippen MR) is 72.6 cm³/mol. The maximum Gasteiger partial charge on any atom is 0.270 e. The van der Waals surface area contributed by atoms with Gasteiger partial charge in [-0.05, 0) is 30.9 Å². The number of hydrogen-bond acceptors (Lipinski definition) is 3. The van der Waals surface area contributed by atoms with Gasteiger partial charge in [-0.1, -0.05) is 12.1 Å². The molecule has 0 spiro atoms. The summed E-state index contributed by atoms with van der Waals surface area (Å²) in [6.07, 6.45) is 6.40. The number of amides is 1. The molecule has 0 aliphatic carbocycles. The SMILES string of the molecule is O=C(/C=C\c1cccc([N+](=O)[O-])c1)N1CCCCC1. The van der Waals surface area contributed by atoms with E-state index in [1.54, 1.807) is 18.2 Å². The van der Waals surface area contributed by atoms with Gasteiger partial charge in [0.1, 0.15) is 0 Å². The minimum Gasteiger partial charge on any atom is -0.339 e. The molecular formula is C14H16N2O3. The fourth-order valence-electron chi connectivity index (χ4n) is 2.13. The average Bonchev–Trinajstić information content (AvgIpc) is 2.46. The molecule has 1 aromatic carbocycles. The zero-order chi connectivity index (χ0) is 13.7. The monoisotopic (exact) mass is 260 g/mol. The standard InChI is InChI=1S/C14H16N2O3/c17-14(15-9-2-1-3-10-15)8-7-12-5-4-6-13(11-12)16(18)19/h4-8,11H,1-3,9-10H2/b8-7-. The number of carbonyl (C=O) groups excluding carboxylic acids is 1. The summed E-state index contributed by atoms with van der Waals surface area (Å²) < 4.78 is 0. The first-order valence-electron chi connectivity index (χ1n) is 6.38. The molecule has 0 bridgehead atoms. The van der Waals surface area contributed by atoms with Crippen molar-refractivity contribution in [1.29, 1.82) is 0 Å². The first kappa shape index (κ1) is 13.3. The highest BCUT2D eigenvalue weighted by molar-refractivity contribution is 5.91. The quantitative estimate of drug-likeness (QED) is 0.476. The van der Waals surface area contributed by atoms with E-state index >= 15 is 0 Å². The zero-order valence-corrected chi connectivity index (χ0v) is 10.6. The molecule has 19 heavy (non-hydrogen) atoms. The van der Waals surface area contributed by atoms with Gasteiger partial charge in [0.2, 0.25) is 5.91 Å². The van der Waals surface area contributed by atoms with E-state index in [2.05, 4.69) is 0 Å². The number of piperidine rings is 1. The molecule has 5 nitrogen and oxygen atoms in total. The maximum atomic E-state index is 11.9. The zero-order valence-electron chi connectivity index (χ0n) is 10.6. The number of likely N-dealkylation sites (tertiary alicyclic amines) is 1. The summed E-state index contributed by atoms with van der Waals surface area (Å²) in [6.45, 7) is 1.61. The molecule has 1 aliphatic heterocycles. The van der Waals surface area contributed by atoms with Gasteiger partial charge in [0.05, 0.1) is 4.92 Å². The lowest BCUT2D eigenvalue weighted by Crippen LogP contribution is -2.34. The van der Waals surface area contributed by atoms with Crippen LogP contribution in [0.2, 0.25) is 0 Å². The van der Waals surface area contributed by atoms with Crippen molar-refractivity contribution in [3.05, 3.63) is 46.0 Å². The minimum absolute atomic E-state index is 0.0220. The van der Waals surface area contributed by atoms with Crippen LogP contribution in [0.5, 0.6) is 0 Å². The lowest BCUT2D eigenvalue weighted by Gasteiger charge is -2.25. The minimum atomic E-state index is -0.441. The molecule has 1 aromatic rings. The highest BCUT2D eigenvalue weighted by Crippen LogP contribution is 2.15. The van der Waals surface area contributed by atoms with E-state index in [0.717, 1.165) is 25.9 Å². The van der Waals surface area contributed by atoms with Gasteiger partial charge >= 0.3 is 0 Å². The smallest absolute Gasteiger partial charge is 0.270 e. The van der Waals surface area contributed by atoms with Gasteiger partial charge in [-0.15, -0.1) is 0 Å². The lowest BCUT2D eigenvalue weighted by molar-refractivity contribution is -0.384. The molecule has 1 amide bonds. The molecule has 0 N–H and O–H groups in total. The van der Waals surface area contributed by atoms with Crippen LogP contribution in [-0.4, -0.2) is 28.8 Å². The second-order valence-electron chi connectivity index (χ2n) is 4.57. The number of rotatable bonds is 3. The van der Waals surface area contributed by atoms with E-state index in [1.807, 2.05) is 4.90 Å². The molecule has 1 saturated heterocycles. The largest absolute Gasteiger partial charge is 0.339 e. The van der Waals surface area contributed by atoms with Crippen LogP contribution in [0.25, 0.3) is 6.08 Å². The summed E-state index contributed by atoms with van der Waals surface area (Å²) >= 11 is 0. The average molecular weight is 260 g/mol.